The van der Waals surface area contributed by atoms with Gasteiger partial charge in [-0.1, -0.05) is 24.3 Å². The highest BCUT2D eigenvalue weighted by atomic mass is 16.5. The summed E-state index contributed by atoms with van der Waals surface area (Å²) in [6.07, 6.45) is 0.576. The SMILES string of the molecule is COc1ccc(C(c2ccc(OC)cc2)N2CC(Oc3ccc4c(c3)CN(C3CCC(=O)NC3=O)C4=O)C2)cc1. The molecule has 3 aliphatic heterocycles. The van der Waals surface area contributed by atoms with Crippen molar-refractivity contribution in [2.75, 3.05) is 27.3 Å². The van der Waals surface area contributed by atoms with E-state index in [0.29, 0.717) is 24.3 Å². The van der Waals surface area contributed by atoms with Crippen molar-refractivity contribution in [2.24, 2.45) is 0 Å². The molecule has 9 heteroatoms. The van der Waals surface area contributed by atoms with E-state index in [0.717, 1.165) is 41.3 Å². The first-order chi connectivity index (χ1) is 19.4. The number of fused-ring (bicyclic) bond motifs is 1. The van der Waals surface area contributed by atoms with Gasteiger partial charge in [0, 0.05) is 31.6 Å². The molecule has 3 heterocycles. The normalized spacial score (nSPS) is 19.3. The summed E-state index contributed by atoms with van der Waals surface area (Å²) in [6.45, 7) is 1.80. The third-order valence-corrected chi connectivity index (χ3v) is 7.90. The van der Waals surface area contributed by atoms with Gasteiger partial charge in [0.15, 0.2) is 0 Å². The van der Waals surface area contributed by atoms with Crippen molar-refractivity contribution in [1.29, 1.82) is 0 Å². The lowest BCUT2D eigenvalue weighted by atomic mass is 9.93. The maximum absolute atomic E-state index is 13.0. The van der Waals surface area contributed by atoms with Crippen molar-refractivity contribution in [2.45, 2.75) is 37.6 Å². The van der Waals surface area contributed by atoms with Crippen molar-refractivity contribution >= 4 is 17.7 Å². The van der Waals surface area contributed by atoms with Crippen LogP contribution in [0.2, 0.25) is 0 Å². The maximum atomic E-state index is 13.0. The molecule has 0 saturated carbocycles. The van der Waals surface area contributed by atoms with Crippen molar-refractivity contribution in [3.63, 3.8) is 0 Å². The van der Waals surface area contributed by atoms with E-state index in [1.165, 1.54) is 0 Å². The Hall–Kier alpha value is -4.37. The Morgan fingerprint density at radius 1 is 0.825 bits per heavy atom. The van der Waals surface area contributed by atoms with Crippen LogP contribution in [0.25, 0.3) is 0 Å². The summed E-state index contributed by atoms with van der Waals surface area (Å²) in [5.41, 5.74) is 3.73. The van der Waals surface area contributed by atoms with Crippen LogP contribution >= 0.6 is 0 Å². The van der Waals surface area contributed by atoms with Crippen LogP contribution in [-0.2, 0) is 16.1 Å². The standard InChI is InChI=1S/C31H31N3O6/c1-38-22-7-3-19(4-8-22)29(20-5-9-23(39-2)10-6-20)33-17-25(18-33)40-24-11-12-26-21(15-24)16-34(31(26)37)27-13-14-28(35)32-30(27)36/h3-12,15,25,27,29H,13-14,16-18H2,1-2H3,(H,32,35,36). The van der Waals surface area contributed by atoms with Crippen LogP contribution in [0.3, 0.4) is 0 Å². The first kappa shape index (κ1) is 25.9. The van der Waals surface area contributed by atoms with E-state index in [2.05, 4.69) is 34.5 Å². The van der Waals surface area contributed by atoms with Crippen LogP contribution < -0.4 is 19.5 Å². The number of amides is 3. The van der Waals surface area contributed by atoms with Crippen LogP contribution in [-0.4, -0.2) is 67.0 Å². The molecule has 1 atom stereocenters. The molecule has 3 aromatic carbocycles. The number of hydrogen-bond acceptors (Lipinski definition) is 7. The third kappa shape index (κ3) is 4.88. The molecule has 2 fully saturated rings. The first-order valence-corrected chi connectivity index (χ1v) is 13.4. The Labute approximate surface area is 232 Å². The van der Waals surface area contributed by atoms with Crippen LogP contribution in [0.4, 0.5) is 0 Å². The Balaban J connectivity index is 1.14. The molecule has 3 aliphatic rings. The molecule has 9 nitrogen and oxygen atoms in total. The van der Waals surface area contributed by atoms with Gasteiger partial charge in [0.25, 0.3) is 5.91 Å². The van der Waals surface area contributed by atoms with Gasteiger partial charge in [-0.05, 0) is 65.6 Å². The number of imide groups is 1. The molecule has 40 heavy (non-hydrogen) atoms. The van der Waals surface area contributed by atoms with Gasteiger partial charge < -0.3 is 19.1 Å². The molecule has 0 spiro atoms. The second kappa shape index (κ2) is 10.7. The van der Waals surface area contributed by atoms with Gasteiger partial charge in [-0.25, -0.2) is 0 Å². The zero-order valence-electron chi connectivity index (χ0n) is 22.5. The lowest BCUT2D eigenvalue weighted by molar-refractivity contribution is -0.136. The average Bonchev–Trinajstić information content (AvgIpc) is 3.27. The number of likely N-dealkylation sites (tertiary alicyclic amines) is 1. The zero-order valence-corrected chi connectivity index (χ0v) is 22.5. The minimum Gasteiger partial charge on any atom is -0.497 e. The summed E-state index contributed by atoms with van der Waals surface area (Å²) in [4.78, 5) is 40.8. The summed E-state index contributed by atoms with van der Waals surface area (Å²) in [5, 5.41) is 2.34. The summed E-state index contributed by atoms with van der Waals surface area (Å²) in [6, 6.07) is 21.2. The summed E-state index contributed by atoms with van der Waals surface area (Å²) in [7, 11) is 3.32. The minimum atomic E-state index is -0.630. The van der Waals surface area contributed by atoms with E-state index in [1.54, 1.807) is 25.2 Å². The molecule has 0 aromatic heterocycles. The Morgan fingerprint density at radius 2 is 1.43 bits per heavy atom. The highest BCUT2D eigenvalue weighted by molar-refractivity contribution is 6.05. The maximum Gasteiger partial charge on any atom is 0.255 e. The molecule has 1 unspecified atom stereocenters. The highest BCUT2D eigenvalue weighted by Gasteiger charge is 2.40. The average molecular weight is 542 g/mol. The molecule has 0 radical (unpaired) electrons. The predicted octanol–water partition coefficient (Wildman–Crippen LogP) is 3.32. The number of benzene rings is 3. The summed E-state index contributed by atoms with van der Waals surface area (Å²) >= 11 is 0. The van der Waals surface area contributed by atoms with Gasteiger partial charge in [0.05, 0.1) is 20.3 Å². The quantitative estimate of drug-likeness (QED) is 0.437. The number of rotatable bonds is 8. The van der Waals surface area contributed by atoms with Gasteiger partial charge >= 0.3 is 0 Å². The Kier molecular flexibility index (Phi) is 6.89. The molecule has 6 rings (SSSR count). The molecule has 0 aliphatic carbocycles. The number of ether oxygens (including phenoxy) is 3. The molecule has 0 bridgehead atoms. The molecule has 206 valence electrons. The van der Waals surface area contributed by atoms with Gasteiger partial charge in [-0.15, -0.1) is 0 Å². The summed E-state index contributed by atoms with van der Waals surface area (Å²) in [5.74, 6) is 1.43. The summed E-state index contributed by atoms with van der Waals surface area (Å²) < 4.78 is 17.0. The molecule has 1 N–H and O–H groups in total. The van der Waals surface area contributed by atoms with Crippen molar-refractivity contribution in [1.82, 2.24) is 15.1 Å². The second-order valence-corrected chi connectivity index (χ2v) is 10.4. The fraction of sp³-hybridized carbons (Fsp3) is 0.323. The lowest BCUT2D eigenvalue weighted by Crippen LogP contribution is -2.55. The number of piperidine rings is 1. The number of nitrogens with zero attached hydrogens (tertiary/aromatic N) is 2. The van der Waals surface area contributed by atoms with Gasteiger partial charge in [-0.3, -0.25) is 24.6 Å². The predicted molar refractivity (Wildman–Crippen MR) is 146 cm³/mol. The third-order valence-electron chi connectivity index (χ3n) is 7.90. The van der Waals surface area contributed by atoms with E-state index in [-0.39, 0.29) is 30.4 Å². The van der Waals surface area contributed by atoms with Crippen LogP contribution in [0.1, 0.15) is 45.9 Å². The van der Waals surface area contributed by atoms with Gasteiger partial charge in [-0.2, -0.15) is 0 Å². The van der Waals surface area contributed by atoms with E-state index in [9.17, 15) is 14.4 Å². The fourth-order valence-electron chi connectivity index (χ4n) is 5.76. The second-order valence-electron chi connectivity index (χ2n) is 10.4. The smallest absolute Gasteiger partial charge is 0.255 e. The number of hydrogen-bond donors (Lipinski definition) is 1. The molecule has 2 saturated heterocycles. The first-order valence-electron chi connectivity index (χ1n) is 13.4. The van der Waals surface area contributed by atoms with Crippen molar-refractivity contribution in [3.8, 4) is 17.2 Å². The van der Waals surface area contributed by atoms with E-state index in [1.807, 2.05) is 36.4 Å². The topological polar surface area (TPSA) is 97.4 Å². The van der Waals surface area contributed by atoms with Crippen molar-refractivity contribution < 1.29 is 28.6 Å². The lowest BCUT2D eigenvalue weighted by Gasteiger charge is -2.44. The Morgan fingerprint density at radius 3 is 2.00 bits per heavy atom. The molecule has 3 aromatic rings. The number of carbonyl (C=O) groups excluding carboxylic acids is 3. The monoisotopic (exact) mass is 541 g/mol. The number of nitrogens with one attached hydrogen (secondary N) is 1. The highest BCUT2D eigenvalue weighted by Crippen LogP contribution is 2.36. The number of carbonyl (C=O) groups is 3. The van der Waals surface area contributed by atoms with E-state index >= 15 is 0 Å². The largest absolute Gasteiger partial charge is 0.497 e. The fourth-order valence-corrected chi connectivity index (χ4v) is 5.76. The van der Waals surface area contributed by atoms with Crippen LogP contribution in [0.5, 0.6) is 17.2 Å². The minimum absolute atomic E-state index is 0.000360. The molecule has 3 amide bonds. The van der Waals surface area contributed by atoms with E-state index in [4.69, 9.17) is 14.2 Å². The Bertz CT molecular complexity index is 1380. The van der Waals surface area contributed by atoms with Crippen molar-refractivity contribution in [3.05, 3.63) is 89.0 Å². The zero-order chi connectivity index (χ0) is 27.8. The van der Waals surface area contributed by atoms with E-state index < -0.39 is 11.9 Å². The van der Waals surface area contributed by atoms with Gasteiger partial charge in [0.1, 0.15) is 29.4 Å². The molecular weight excluding hydrogens is 510 g/mol. The van der Waals surface area contributed by atoms with Crippen LogP contribution in [0.15, 0.2) is 66.7 Å². The number of methoxy groups -OCH3 is 2. The van der Waals surface area contributed by atoms with Gasteiger partial charge in [0.2, 0.25) is 11.8 Å². The molecular formula is C31H31N3O6. The van der Waals surface area contributed by atoms with Crippen LogP contribution in [0, 0.1) is 0 Å².